The lowest BCUT2D eigenvalue weighted by Gasteiger charge is -2.16. The Morgan fingerprint density at radius 1 is 1.05 bits per heavy atom. The van der Waals surface area contributed by atoms with E-state index in [9.17, 15) is 5.11 Å². The third kappa shape index (κ3) is 4.50. The first-order valence-corrected chi connectivity index (χ1v) is 7.24. The van der Waals surface area contributed by atoms with Gasteiger partial charge in [-0.15, -0.1) is 0 Å². The first-order valence-electron chi connectivity index (χ1n) is 7.24. The second-order valence-corrected chi connectivity index (χ2v) is 5.43. The molecule has 2 rings (SSSR count). The summed E-state index contributed by atoms with van der Waals surface area (Å²) in [4.78, 5) is 0. The lowest BCUT2D eigenvalue weighted by Crippen LogP contribution is -2.26. The van der Waals surface area contributed by atoms with Gasteiger partial charge in [0.2, 0.25) is 0 Å². The molecule has 0 aliphatic rings. The molecule has 0 radical (unpaired) electrons. The molecule has 0 heterocycles. The van der Waals surface area contributed by atoms with Crippen molar-refractivity contribution >= 4 is 5.69 Å². The van der Waals surface area contributed by atoms with Crippen LogP contribution < -0.4 is 10.1 Å². The zero-order chi connectivity index (χ0) is 15.2. The van der Waals surface area contributed by atoms with Gasteiger partial charge in [0.05, 0.1) is 0 Å². The van der Waals surface area contributed by atoms with Crippen molar-refractivity contribution in [3.8, 4) is 5.75 Å². The molecule has 0 saturated heterocycles. The summed E-state index contributed by atoms with van der Waals surface area (Å²) < 4.78 is 5.71. The number of rotatable bonds is 6. The van der Waals surface area contributed by atoms with Crippen LogP contribution in [0.1, 0.15) is 16.7 Å². The Kier molecular flexibility index (Phi) is 5.23. The Hall–Kier alpha value is -2.00. The molecule has 2 aromatic rings. The number of aliphatic hydroxyl groups is 1. The maximum Gasteiger partial charge on any atom is 0.122 e. The fourth-order valence-electron chi connectivity index (χ4n) is 2.11. The molecule has 0 aliphatic carbocycles. The predicted octanol–water partition coefficient (Wildman–Crippen LogP) is 3.46. The summed E-state index contributed by atoms with van der Waals surface area (Å²) in [7, 11) is 0. The molecule has 1 unspecified atom stereocenters. The summed E-state index contributed by atoms with van der Waals surface area (Å²) in [5, 5.41) is 13.3. The van der Waals surface area contributed by atoms with E-state index in [-0.39, 0.29) is 6.61 Å². The number of hydrogen-bond acceptors (Lipinski definition) is 3. The molecule has 0 aliphatic heterocycles. The van der Waals surface area contributed by atoms with Gasteiger partial charge in [0.25, 0.3) is 0 Å². The molecule has 3 nitrogen and oxygen atoms in total. The standard InChI is InChI=1S/C18H23NO2/c1-13-8-9-15(3)18(10-13)21-12-16(20)11-19-17-7-5-4-6-14(17)2/h4-10,16,19-20H,11-12H2,1-3H3. The fourth-order valence-corrected chi connectivity index (χ4v) is 2.11. The highest BCUT2D eigenvalue weighted by Gasteiger charge is 2.07. The highest BCUT2D eigenvalue weighted by molar-refractivity contribution is 5.50. The minimum Gasteiger partial charge on any atom is -0.491 e. The van der Waals surface area contributed by atoms with Crippen LogP contribution in [0.3, 0.4) is 0 Å². The topological polar surface area (TPSA) is 41.5 Å². The maximum absolute atomic E-state index is 10.0. The molecular formula is C18H23NO2. The van der Waals surface area contributed by atoms with Crippen molar-refractivity contribution in [2.75, 3.05) is 18.5 Å². The number of para-hydroxylation sites is 1. The van der Waals surface area contributed by atoms with Crippen molar-refractivity contribution in [3.05, 3.63) is 59.2 Å². The second-order valence-electron chi connectivity index (χ2n) is 5.43. The van der Waals surface area contributed by atoms with E-state index in [0.29, 0.717) is 6.54 Å². The average Bonchev–Trinajstić information content (AvgIpc) is 2.47. The molecule has 2 N–H and O–H groups in total. The number of nitrogens with one attached hydrogen (secondary N) is 1. The van der Waals surface area contributed by atoms with Gasteiger partial charge in [-0.2, -0.15) is 0 Å². The Morgan fingerprint density at radius 2 is 1.81 bits per heavy atom. The summed E-state index contributed by atoms with van der Waals surface area (Å²) in [6, 6.07) is 14.1. The van der Waals surface area contributed by atoms with Crippen LogP contribution in [0.5, 0.6) is 5.75 Å². The summed E-state index contributed by atoms with van der Waals surface area (Å²) >= 11 is 0. The predicted molar refractivity (Wildman–Crippen MR) is 87.1 cm³/mol. The van der Waals surface area contributed by atoms with Crippen molar-refractivity contribution in [1.29, 1.82) is 0 Å². The van der Waals surface area contributed by atoms with E-state index in [2.05, 4.69) is 11.4 Å². The Bertz CT molecular complexity index is 596. The van der Waals surface area contributed by atoms with Gasteiger partial charge in [0.15, 0.2) is 0 Å². The molecule has 21 heavy (non-hydrogen) atoms. The third-order valence-electron chi connectivity index (χ3n) is 3.45. The van der Waals surface area contributed by atoms with E-state index in [0.717, 1.165) is 22.6 Å². The number of aryl methyl sites for hydroxylation is 3. The van der Waals surface area contributed by atoms with E-state index < -0.39 is 6.10 Å². The molecule has 0 amide bonds. The van der Waals surface area contributed by atoms with Crippen molar-refractivity contribution in [1.82, 2.24) is 0 Å². The van der Waals surface area contributed by atoms with Crippen LogP contribution in [0.25, 0.3) is 0 Å². The van der Waals surface area contributed by atoms with Crippen LogP contribution in [0.2, 0.25) is 0 Å². The monoisotopic (exact) mass is 285 g/mol. The zero-order valence-electron chi connectivity index (χ0n) is 12.9. The molecule has 112 valence electrons. The SMILES string of the molecule is Cc1ccc(C)c(OCC(O)CNc2ccccc2C)c1. The van der Waals surface area contributed by atoms with Crippen LogP contribution >= 0.6 is 0 Å². The summed E-state index contributed by atoms with van der Waals surface area (Å²) in [6.07, 6.45) is -0.551. The zero-order valence-corrected chi connectivity index (χ0v) is 12.9. The Morgan fingerprint density at radius 3 is 2.57 bits per heavy atom. The van der Waals surface area contributed by atoms with E-state index in [4.69, 9.17) is 4.74 Å². The Balaban J connectivity index is 1.84. The smallest absolute Gasteiger partial charge is 0.122 e. The van der Waals surface area contributed by atoms with Gasteiger partial charge in [0.1, 0.15) is 18.5 Å². The Labute approximate surface area is 126 Å². The van der Waals surface area contributed by atoms with Crippen LogP contribution in [0, 0.1) is 20.8 Å². The largest absolute Gasteiger partial charge is 0.491 e. The van der Waals surface area contributed by atoms with Crippen molar-refractivity contribution in [3.63, 3.8) is 0 Å². The van der Waals surface area contributed by atoms with Gasteiger partial charge in [-0.1, -0.05) is 30.3 Å². The normalized spacial score (nSPS) is 12.0. The molecule has 1 atom stereocenters. The number of ether oxygens (including phenoxy) is 1. The molecule has 0 fully saturated rings. The van der Waals surface area contributed by atoms with E-state index in [1.165, 1.54) is 5.56 Å². The van der Waals surface area contributed by atoms with Crippen molar-refractivity contribution < 1.29 is 9.84 Å². The lowest BCUT2D eigenvalue weighted by molar-refractivity contribution is 0.117. The minimum absolute atomic E-state index is 0.281. The summed E-state index contributed by atoms with van der Waals surface area (Å²) in [5.41, 5.74) is 4.45. The molecule has 3 heteroatoms. The van der Waals surface area contributed by atoms with Crippen LogP contribution in [0.15, 0.2) is 42.5 Å². The van der Waals surface area contributed by atoms with E-state index >= 15 is 0 Å². The molecule has 0 aromatic heterocycles. The highest BCUT2D eigenvalue weighted by atomic mass is 16.5. The number of hydrogen-bond donors (Lipinski definition) is 2. The minimum atomic E-state index is -0.551. The summed E-state index contributed by atoms with van der Waals surface area (Å²) in [6.45, 7) is 6.83. The number of anilines is 1. The van der Waals surface area contributed by atoms with Gasteiger partial charge in [-0.3, -0.25) is 0 Å². The summed E-state index contributed by atoms with van der Waals surface area (Å²) in [5.74, 6) is 0.838. The first-order chi connectivity index (χ1) is 10.1. The average molecular weight is 285 g/mol. The maximum atomic E-state index is 10.0. The van der Waals surface area contributed by atoms with Gasteiger partial charge in [0, 0.05) is 12.2 Å². The van der Waals surface area contributed by atoms with Gasteiger partial charge >= 0.3 is 0 Å². The van der Waals surface area contributed by atoms with Crippen LogP contribution in [0.4, 0.5) is 5.69 Å². The van der Waals surface area contributed by atoms with Gasteiger partial charge in [-0.05, 0) is 49.6 Å². The first kappa shape index (κ1) is 15.4. The molecule has 0 saturated carbocycles. The number of aliphatic hydroxyl groups excluding tert-OH is 1. The van der Waals surface area contributed by atoms with E-state index in [1.54, 1.807) is 0 Å². The quantitative estimate of drug-likeness (QED) is 0.854. The third-order valence-corrected chi connectivity index (χ3v) is 3.45. The number of benzene rings is 2. The van der Waals surface area contributed by atoms with Crippen molar-refractivity contribution in [2.24, 2.45) is 0 Å². The van der Waals surface area contributed by atoms with Crippen LogP contribution in [-0.2, 0) is 0 Å². The molecular weight excluding hydrogens is 262 g/mol. The van der Waals surface area contributed by atoms with Gasteiger partial charge < -0.3 is 15.2 Å². The molecule has 0 spiro atoms. The molecule has 0 bridgehead atoms. The fraction of sp³-hybridized carbons (Fsp3) is 0.333. The van der Waals surface area contributed by atoms with Gasteiger partial charge in [-0.25, -0.2) is 0 Å². The van der Waals surface area contributed by atoms with Crippen molar-refractivity contribution in [2.45, 2.75) is 26.9 Å². The second kappa shape index (κ2) is 7.14. The highest BCUT2D eigenvalue weighted by Crippen LogP contribution is 2.19. The van der Waals surface area contributed by atoms with Crippen LogP contribution in [-0.4, -0.2) is 24.4 Å². The lowest BCUT2D eigenvalue weighted by atomic mass is 10.1. The molecule has 2 aromatic carbocycles. The van der Waals surface area contributed by atoms with E-state index in [1.807, 2.05) is 57.2 Å².